The first kappa shape index (κ1) is 18.8. The number of aryl methyl sites for hydroxylation is 1. The Hall–Kier alpha value is -2.25. The van der Waals surface area contributed by atoms with E-state index in [1.54, 1.807) is 17.7 Å². The van der Waals surface area contributed by atoms with Gasteiger partial charge in [0.05, 0.1) is 22.2 Å². The van der Waals surface area contributed by atoms with Gasteiger partial charge in [0.1, 0.15) is 0 Å². The van der Waals surface area contributed by atoms with Crippen molar-refractivity contribution >= 4 is 27.9 Å². The van der Waals surface area contributed by atoms with Crippen molar-refractivity contribution in [1.29, 1.82) is 0 Å². The number of rotatable bonds is 4. The predicted molar refractivity (Wildman–Crippen MR) is 118 cm³/mol. The highest BCUT2D eigenvalue weighted by atomic mass is 32.1. The minimum atomic E-state index is 0.109. The summed E-state index contributed by atoms with van der Waals surface area (Å²) in [6, 6.07) is 6.47. The number of hydrogen-bond donors (Lipinski definition) is 0. The van der Waals surface area contributed by atoms with Gasteiger partial charge >= 0.3 is 0 Å². The van der Waals surface area contributed by atoms with Gasteiger partial charge in [0.2, 0.25) is 0 Å². The fourth-order valence-corrected chi connectivity index (χ4v) is 5.46. The molecule has 0 radical (unpaired) electrons. The van der Waals surface area contributed by atoms with Gasteiger partial charge in [0, 0.05) is 55.5 Å². The first-order valence-electron chi connectivity index (χ1n) is 10.6. The van der Waals surface area contributed by atoms with E-state index >= 15 is 0 Å². The lowest BCUT2D eigenvalue weighted by Crippen LogP contribution is -2.45. The quantitative estimate of drug-likeness (QED) is 0.659. The summed E-state index contributed by atoms with van der Waals surface area (Å²) >= 11 is 1.79. The zero-order chi connectivity index (χ0) is 19.8. The molecule has 6 nitrogen and oxygen atoms in total. The van der Waals surface area contributed by atoms with Crippen LogP contribution in [0.1, 0.15) is 41.6 Å². The molecule has 1 aliphatic heterocycles. The van der Waals surface area contributed by atoms with Crippen LogP contribution in [0.2, 0.25) is 0 Å². The minimum Gasteiger partial charge on any atom is -0.369 e. The van der Waals surface area contributed by atoms with Crippen LogP contribution in [-0.2, 0) is 6.54 Å². The standard InChI is InChI=1S/C22H27N5OS/c1-16-23-13-19(29-16)14-25-8-10-26(11-9-25)18-6-7-20-21(12-18)24-15-27(22(20)28)17-4-2-3-5-17/h6-7,12-13,15,17H,2-5,8-11,14H2,1H3. The van der Waals surface area contributed by atoms with E-state index in [2.05, 4.69) is 38.8 Å². The average molecular weight is 410 g/mol. The number of aromatic nitrogens is 3. The number of thiazole rings is 1. The van der Waals surface area contributed by atoms with Gasteiger partial charge in [-0.3, -0.25) is 14.3 Å². The van der Waals surface area contributed by atoms with Crippen LogP contribution in [0.4, 0.5) is 5.69 Å². The highest BCUT2D eigenvalue weighted by molar-refractivity contribution is 7.11. The van der Waals surface area contributed by atoms with Crippen molar-refractivity contribution in [3.8, 4) is 0 Å². The van der Waals surface area contributed by atoms with E-state index in [1.807, 2.05) is 16.8 Å². The van der Waals surface area contributed by atoms with Crippen molar-refractivity contribution in [3.05, 3.63) is 51.0 Å². The minimum absolute atomic E-state index is 0.109. The van der Waals surface area contributed by atoms with Crippen LogP contribution < -0.4 is 10.5 Å². The summed E-state index contributed by atoms with van der Waals surface area (Å²) in [6.07, 6.45) is 8.37. The zero-order valence-corrected chi connectivity index (χ0v) is 17.7. The second-order valence-electron chi connectivity index (χ2n) is 8.21. The monoisotopic (exact) mass is 409 g/mol. The van der Waals surface area contributed by atoms with Gasteiger partial charge in [-0.05, 0) is 38.0 Å². The van der Waals surface area contributed by atoms with Gasteiger partial charge in [-0.2, -0.15) is 0 Å². The summed E-state index contributed by atoms with van der Waals surface area (Å²) in [5.41, 5.74) is 2.08. The molecule has 0 amide bonds. The summed E-state index contributed by atoms with van der Waals surface area (Å²) in [4.78, 5) is 28.1. The highest BCUT2D eigenvalue weighted by Crippen LogP contribution is 2.29. The molecule has 2 fully saturated rings. The van der Waals surface area contributed by atoms with Crippen molar-refractivity contribution in [2.24, 2.45) is 0 Å². The van der Waals surface area contributed by atoms with Crippen LogP contribution in [0.25, 0.3) is 10.9 Å². The van der Waals surface area contributed by atoms with Crippen LogP contribution in [0.3, 0.4) is 0 Å². The average Bonchev–Trinajstić information content (AvgIpc) is 3.41. The number of benzene rings is 1. The Morgan fingerprint density at radius 1 is 1.10 bits per heavy atom. The lowest BCUT2D eigenvalue weighted by atomic mass is 10.1. The summed E-state index contributed by atoms with van der Waals surface area (Å²) in [5, 5.41) is 1.87. The van der Waals surface area contributed by atoms with Gasteiger partial charge in [0.15, 0.2) is 0 Å². The Balaban J connectivity index is 1.29. The maximum atomic E-state index is 12.9. The van der Waals surface area contributed by atoms with E-state index in [4.69, 9.17) is 0 Å². The molecule has 2 aliphatic rings. The van der Waals surface area contributed by atoms with E-state index in [0.29, 0.717) is 6.04 Å². The van der Waals surface area contributed by atoms with Crippen molar-refractivity contribution in [1.82, 2.24) is 19.4 Å². The fourth-order valence-electron chi connectivity index (χ4n) is 4.63. The fraction of sp³-hybridized carbons (Fsp3) is 0.500. The zero-order valence-electron chi connectivity index (χ0n) is 16.9. The molecular weight excluding hydrogens is 382 g/mol. The molecule has 0 spiro atoms. The number of anilines is 1. The van der Waals surface area contributed by atoms with Gasteiger partial charge in [-0.25, -0.2) is 9.97 Å². The molecule has 1 saturated carbocycles. The molecule has 5 rings (SSSR count). The van der Waals surface area contributed by atoms with Gasteiger partial charge in [-0.1, -0.05) is 12.8 Å². The molecular formula is C22H27N5OS. The predicted octanol–water partition coefficient (Wildman–Crippen LogP) is 3.60. The second kappa shape index (κ2) is 7.88. The Kier molecular flexibility index (Phi) is 5.09. The number of fused-ring (bicyclic) bond motifs is 1. The van der Waals surface area contributed by atoms with Crippen molar-refractivity contribution < 1.29 is 0 Å². The van der Waals surface area contributed by atoms with Crippen LogP contribution in [0, 0.1) is 6.92 Å². The van der Waals surface area contributed by atoms with E-state index in [-0.39, 0.29) is 5.56 Å². The van der Waals surface area contributed by atoms with Crippen LogP contribution in [0.5, 0.6) is 0 Å². The molecule has 3 aromatic rings. The maximum Gasteiger partial charge on any atom is 0.261 e. The molecule has 0 atom stereocenters. The van der Waals surface area contributed by atoms with E-state index in [1.165, 1.54) is 17.7 Å². The Bertz CT molecular complexity index is 1060. The molecule has 0 N–H and O–H groups in total. The molecule has 1 aromatic carbocycles. The molecule has 2 aromatic heterocycles. The third kappa shape index (κ3) is 3.81. The van der Waals surface area contributed by atoms with Crippen molar-refractivity contribution in [3.63, 3.8) is 0 Å². The van der Waals surface area contributed by atoms with E-state index in [9.17, 15) is 4.79 Å². The molecule has 1 saturated heterocycles. The second-order valence-corrected chi connectivity index (χ2v) is 9.52. The first-order chi connectivity index (χ1) is 14.2. The normalized spacial score (nSPS) is 18.7. The topological polar surface area (TPSA) is 54.3 Å². The highest BCUT2D eigenvalue weighted by Gasteiger charge is 2.21. The van der Waals surface area contributed by atoms with E-state index in [0.717, 1.165) is 67.2 Å². The van der Waals surface area contributed by atoms with Gasteiger partial charge in [0.25, 0.3) is 5.56 Å². The number of nitrogens with zero attached hydrogens (tertiary/aromatic N) is 5. The molecule has 1 aliphatic carbocycles. The van der Waals surface area contributed by atoms with Crippen LogP contribution in [0.15, 0.2) is 35.5 Å². The molecule has 3 heterocycles. The summed E-state index contributed by atoms with van der Waals surface area (Å²) in [6.45, 7) is 7.09. The number of piperazine rings is 1. The van der Waals surface area contributed by atoms with E-state index < -0.39 is 0 Å². The maximum absolute atomic E-state index is 12.9. The Morgan fingerprint density at radius 2 is 1.90 bits per heavy atom. The molecule has 0 bridgehead atoms. The molecule has 7 heteroatoms. The van der Waals surface area contributed by atoms with Crippen molar-refractivity contribution in [2.45, 2.75) is 45.2 Å². The third-order valence-electron chi connectivity index (χ3n) is 6.27. The molecule has 152 valence electrons. The smallest absolute Gasteiger partial charge is 0.261 e. The summed E-state index contributed by atoms with van der Waals surface area (Å²) < 4.78 is 1.86. The summed E-state index contributed by atoms with van der Waals surface area (Å²) in [5.74, 6) is 0. The lowest BCUT2D eigenvalue weighted by Gasteiger charge is -2.35. The van der Waals surface area contributed by atoms with Gasteiger partial charge < -0.3 is 4.90 Å². The Morgan fingerprint density at radius 3 is 2.62 bits per heavy atom. The SMILES string of the molecule is Cc1ncc(CN2CCN(c3ccc4c(=O)n(C5CCCC5)cnc4c3)CC2)s1. The third-order valence-corrected chi connectivity index (χ3v) is 7.17. The molecule has 29 heavy (non-hydrogen) atoms. The lowest BCUT2D eigenvalue weighted by molar-refractivity contribution is 0.252. The van der Waals surface area contributed by atoms with Crippen LogP contribution >= 0.6 is 11.3 Å². The van der Waals surface area contributed by atoms with Crippen molar-refractivity contribution in [2.75, 3.05) is 31.1 Å². The van der Waals surface area contributed by atoms with Gasteiger partial charge in [-0.15, -0.1) is 11.3 Å². The Labute approximate surface area is 174 Å². The first-order valence-corrected chi connectivity index (χ1v) is 11.4. The van der Waals surface area contributed by atoms with Crippen LogP contribution in [-0.4, -0.2) is 45.6 Å². The number of hydrogen-bond acceptors (Lipinski definition) is 6. The summed E-state index contributed by atoms with van der Waals surface area (Å²) in [7, 11) is 0. The largest absolute Gasteiger partial charge is 0.369 e. The molecule has 0 unspecified atom stereocenters.